The van der Waals surface area contributed by atoms with Crippen LogP contribution in [-0.4, -0.2) is 36.8 Å². The molecule has 2 rings (SSSR count). The topological polar surface area (TPSA) is 23.5 Å². The maximum Gasteiger partial charge on any atom is 0.0474 e. The van der Waals surface area contributed by atoms with Gasteiger partial charge in [-0.05, 0) is 37.6 Å². The van der Waals surface area contributed by atoms with Crippen molar-refractivity contribution in [3.8, 4) is 0 Å². The maximum atomic E-state index is 9.32. The number of hydrogen-bond acceptors (Lipinski definition) is 2. The first kappa shape index (κ1) is 9.47. The molecule has 0 bridgehead atoms. The first-order valence-corrected chi connectivity index (χ1v) is 5.60. The predicted molar refractivity (Wildman–Crippen MR) is 53.5 cm³/mol. The molecule has 2 heteroatoms. The van der Waals surface area contributed by atoms with Gasteiger partial charge in [-0.3, -0.25) is 0 Å². The minimum atomic E-state index is 0.394. The molecule has 0 aromatic carbocycles. The maximum absolute atomic E-state index is 9.32. The lowest BCUT2D eigenvalue weighted by atomic mass is 9.70. The van der Waals surface area contributed by atoms with E-state index in [1.165, 1.54) is 32.2 Å². The van der Waals surface area contributed by atoms with Crippen LogP contribution >= 0.6 is 0 Å². The van der Waals surface area contributed by atoms with Gasteiger partial charge in [0.25, 0.3) is 0 Å². The van der Waals surface area contributed by atoms with Crippen LogP contribution in [0.3, 0.4) is 0 Å². The van der Waals surface area contributed by atoms with E-state index in [-0.39, 0.29) is 0 Å². The lowest BCUT2D eigenvalue weighted by Gasteiger charge is -2.44. The second kappa shape index (κ2) is 3.97. The van der Waals surface area contributed by atoms with Gasteiger partial charge in [0, 0.05) is 19.7 Å². The normalized spacial score (nSPS) is 41.5. The number of rotatable bonds is 1. The van der Waals surface area contributed by atoms with Gasteiger partial charge in [0.1, 0.15) is 0 Å². The summed E-state index contributed by atoms with van der Waals surface area (Å²) >= 11 is 0. The van der Waals surface area contributed by atoms with Crippen LogP contribution in [0.25, 0.3) is 0 Å². The molecule has 0 spiro atoms. The molecule has 0 aromatic rings. The van der Waals surface area contributed by atoms with Crippen molar-refractivity contribution >= 4 is 0 Å². The molecule has 1 saturated carbocycles. The van der Waals surface area contributed by atoms with E-state index in [2.05, 4.69) is 11.9 Å². The molecule has 76 valence electrons. The second-order valence-electron chi connectivity index (χ2n) is 4.87. The van der Waals surface area contributed by atoms with Crippen LogP contribution in [0.2, 0.25) is 0 Å². The van der Waals surface area contributed by atoms with Crippen molar-refractivity contribution in [3.63, 3.8) is 0 Å². The fraction of sp³-hybridized carbons (Fsp3) is 1.00. The smallest absolute Gasteiger partial charge is 0.0474 e. The van der Waals surface area contributed by atoms with Crippen molar-refractivity contribution in [1.29, 1.82) is 0 Å². The van der Waals surface area contributed by atoms with Gasteiger partial charge in [-0.25, -0.2) is 0 Å². The molecule has 3 atom stereocenters. The Morgan fingerprint density at radius 1 is 1.23 bits per heavy atom. The van der Waals surface area contributed by atoms with Crippen LogP contribution in [0.5, 0.6) is 0 Å². The van der Waals surface area contributed by atoms with E-state index >= 15 is 0 Å². The predicted octanol–water partition coefficient (Wildman–Crippen LogP) is 1.35. The SMILES string of the molecule is CN1CC(CO)C2CCCCC2C1. The summed E-state index contributed by atoms with van der Waals surface area (Å²) in [6.45, 7) is 2.77. The molecular weight excluding hydrogens is 162 g/mol. The lowest BCUT2D eigenvalue weighted by molar-refractivity contribution is 0.0176. The highest BCUT2D eigenvalue weighted by atomic mass is 16.3. The Kier molecular flexibility index (Phi) is 2.89. The largest absolute Gasteiger partial charge is 0.396 e. The first-order valence-electron chi connectivity index (χ1n) is 5.60. The third-order valence-electron chi connectivity index (χ3n) is 3.90. The zero-order valence-electron chi connectivity index (χ0n) is 8.58. The summed E-state index contributed by atoms with van der Waals surface area (Å²) < 4.78 is 0. The molecule has 2 aliphatic rings. The molecule has 2 nitrogen and oxygen atoms in total. The average molecular weight is 183 g/mol. The van der Waals surface area contributed by atoms with Crippen molar-refractivity contribution in [1.82, 2.24) is 4.90 Å². The van der Waals surface area contributed by atoms with E-state index in [9.17, 15) is 5.11 Å². The number of piperidine rings is 1. The minimum absolute atomic E-state index is 0.394. The minimum Gasteiger partial charge on any atom is -0.396 e. The summed E-state index contributed by atoms with van der Waals surface area (Å²) in [5.74, 6) is 2.27. The van der Waals surface area contributed by atoms with Crippen molar-refractivity contribution in [2.45, 2.75) is 25.7 Å². The monoisotopic (exact) mass is 183 g/mol. The van der Waals surface area contributed by atoms with Crippen LogP contribution in [0, 0.1) is 17.8 Å². The van der Waals surface area contributed by atoms with Crippen LogP contribution in [-0.2, 0) is 0 Å². The van der Waals surface area contributed by atoms with Crippen LogP contribution < -0.4 is 0 Å². The van der Waals surface area contributed by atoms with E-state index < -0.39 is 0 Å². The number of fused-ring (bicyclic) bond motifs is 1. The van der Waals surface area contributed by atoms with Gasteiger partial charge in [-0.15, -0.1) is 0 Å². The molecule has 1 aliphatic heterocycles. The highest BCUT2D eigenvalue weighted by molar-refractivity contribution is 4.87. The van der Waals surface area contributed by atoms with E-state index in [1.54, 1.807) is 0 Å². The van der Waals surface area contributed by atoms with Crippen LogP contribution in [0.15, 0.2) is 0 Å². The van der Waals surface area contributed by atoms with Gasteiger partial charge < -0.3 is 10.0 Å². The zero-order chi connectivity index (χ0) is 9.26. The third kappa shape index (κ3) is 1.89. The van der Waals surface area contributed by atoms with E-state index in [4.69, 9.17) is 0 Å². The lowest BCUT2D eigenvalue weighted by Crippen LogP contribution is -2.46. The van der Waals surface area contributed by atoms with Crippen molar-refractivity contribution < 1.29 is 5.11 Å². The molecule has 1 N–H and O–H groups in total. The molecule has 0 amide bonds. The number of nitrogens with zero attached hydrogens (tertiary/aromatic N) is 1. The average Bonchev–Trinajstić information content (AvgIpc) is 2.16. The highest BCUT2D eigenvalue weighted by Gasteiger charge is 2.36. The van der Waals surface area contributed by atoms with Gasteiger partial charge in [0.2, 0.25) is 0 Å². The number of aliphatic hydroxyl groups excluding tert-OH is 1. The van der Waals surface area contributed by atoms with Gasteiger partial charge in [0.05, 0.1) is 0 Å². The van der Waals surface area contributed by atoms with Gasteiger partial charge in [-0.1, -0.05) is 12.8 Å². The second-order valence-corrected chi connectivity index (χ2v) is 4.87. The Morgan fingerprint density at radius 3 is 2.77 bits per heavy atom. The first-order chi connectivity index (χ1) is 6.31. The fourth-order valence-corrected chi connectivity index (χ4v) is 3.29. The Hall–Kier alpha value is -0.0800. The van der Waals surface area contributed by atoms with Gasteiger partial charge >= 0.3 is 0 Å². The number of likely N-dealkylation sites (tertiary alicyclic amines) is 1. The summed E-state index contributed by atoms with van der Waals surface area (Å²) in [4.78, 5) is 2.40. The van der Waals surface area contributed by atoms with Crippen molar-refractivity contribution in [2.75, 3.05) is 26.7 Å². The molecule has 0 radical (unpaired) electrons. The highest BCUT2D eigenvalue weighted by Crippen LogP contribution is 2.38. The molecule has 1 aliphatic carbocycles. The molecule has 3 unspecified atom stereocenters. The third-order valence-corrected chi connectivity index (χ3v) is 3.90. The zero-order valence-corrected chi connectivity index (χ0v) is 8.58. The number of aliphatic hydroxyl groups is 1. The van der Waals surface area contributed by atoms with Crippen LogP contribution in [0.4, 0.5) is 0 Å². The molecule has 0 aromatic heterocycles. The molecule has 1 saturated heterocycles. The van der Waals surface area contributed by atoms with E-state index in [0.29, 0.717) is 12.5 Å². The Bertz CT molecular complexity index is 163. The van der Waals surface area contributed by atoms with Gasteiger partial charge in [0.15, 0.2) is 0 Å². The summed E-state index contributed by atoms with van der Waals surface area (Å²) in [5, 5.41) is 9.32. The number of hydrogen-bond donors (Lipinski definition) is 1. The Labute approximate surface area is 80.9 Å². The quantitative estimate of drug-likeness (QED) is 0.663. The summed E-state index contributed by atoms with van der Waals surface area (Å²) in [5.41, 5.74) is 0. The Balaban J connectivity index is 2.02. The Morgan fingerprint density at radius 2 is 2.00 bits per heavy atom. The summed E-state index contributed by atoms with van der Waals surface area (Å²) in [6.07, 6.45) is 5.56. The molecule has 13 heavy (non-hydrogen) atoms. The van der Waals surface area contributed by atoms with Gasteiger partial charge in [-0.2, -0.15) is 0 Å². The molecular formula is C11H21NO. The standard InChI is InChI=1S/C11H21NO/c1-12-6-9-4-2-3-5-11(9)10(7-12)8-13/h9-11,13H,2-8H2,1H3. The summed E-state index contributed by atoms with van der Waals surface area (Å²) in [6, 6.07) is 0. The van der Waals surface area contributed by atoms with Crippen LogP contribution in [0.1, 0.15) is 25.7 Å². The van der Waals surface area contributed by atoms with Crippen molar-refractivity contribution in [3.05, 3.63) is 0 Å². The summed E-state index contributed by atoms with van der Waals surface area (Å²) in [7, 11) is 2.19. The van der Waals surface area contributed by atoms with E-state index in [1.807, 2.05) is 0 Å². The molecule has 1 heterocycles. The fourth-order valence-electron chi connectivity index (χ4n) is 3.29. The van der Waals surface area contributed by atoms with E-state index in [0.717, 1.165) is 18.4 Å². The molecule has 2 fully saturated rings. The van der Waals surface area contributed by atoms with Crippen molar-refractivity contribution in [2.24, 2.45) is 17.8 Å².